The summed E-state index contributed by atoms with van der Waals surface area (Å²) < 4.78 is 9.60. The van der Waals surface area contributed by atoms with E-state index in [-0.39, 0.29) is 12.1 Å². The highest BCUT2D eigenvalue weighted by Gasteiger charge is 2.24. The first kappa shape index (κ1) is 20.9. The number of epoxide rings is 1. The van der Waals surface area contributed by atoms with Crippen LogP contribution in [0.5, 0.6) is 0 Å². The van der Waals surface area contributed by atoms with Gasteiger partial charge in [-0.15, -0.1) is 0 Å². The number of rotatable bonds is 5. The van der Waals surface area contributed by atoms with Crippen molar-refractivity contribution in [3.63, 3.8) is 0 Å². The van der Waals surface area contributed by atoms with Gasteiger partial charge >= 0.3 is 17.9 Å². The van der Waals surface area contributed by atoms with Crippen molar-refractivity contribution < 1.29 is 33.6 Å². The van der Waals surface area contributed by atoms with Crippen molar-refractivity contribution in [1.29, 1.82) is 0 Å². The maximum absolute atomic E-state index is 11.5. The minimum absolute atomic E-state index is 0.142. The number of esters is 1. The summed E-state index contributed by atoms with van der Waals surface area (Å²) in [5.41, 5.74) is 1.07. The Hall–Kier alpha value is -3.45. The van der Waals surface area contributed by atoms with E-state index < -0.39 is 11.9 Å². The first-order valence-corrected chi connectivity index (χ1v) is 8.45. The monoisotopic (exact) mass is 384 g/mol. The number of ether oxygens (including phenoxy) is 2. The summed E-state index contributed by atoms with van der Waals surface area (Å²) in [7, 11) is 0. The van der Waals surface area contributed by atoms with Gasteiger partial charge in [0.25, 0.3) is 0 Å². The van der Waals surface area contributed by atoms with Crippen molar-refractivity contribution >= 4 is 17.9 Å². The highest BCUT2D eigenvalue weighted by molar-refractivity contribution is 5.92. The Labute approximate surface area is 162 Å². The van der Waals surface area contributed by atoms with Gasteiger partial charge in [-0.2, -0.15) is 0 Å². The number of hydrogen-bond donors (Lipinski definition) is 0. The molecule has 2 aromatic rings. The van der Waals surface area contributed by atoms with E-state index in [2.05, 4.69) is 16.4 Å². The normalized spacial score (nSPS) is 14.0. The second-order valence-corrected chi connectivity index (χ2v) is 5.81. The van der Waals surface area contributed by atoms with Gasteiger partial charge in [0.1, 0.15) is 12.7 Å². The quantitative estimate of drug-likeness (QED) is 0.257. The Balaban J connectivity index is 0.000000237. The first-order chi connectivity index (χ1) is 13.5. The van der Waals surface area contributed by atoms with E-state index in [1.165, 1.54) is 0 Å². The molecule has 0 radical (unpaired) electrons. The van der Waals surface area contributed by atoms with Gasteiger partial charge in [-0.1, -0.05) is 43.0 Å². The number of carbonyl (C=O) groups is 3. The van der Waals surface area contributed by atoms with Crippen LogP contribution in [0.25, 0.3) is 0 Å². The van der Waals surface area contributed by atoms with Gasteiger partial charge in [0.15, 0.2) is 0 Å². The van der Waals surface area contributed by atoms with Crippen LogP contribution in [-0.2, 0) is 24.0 Å². The largest absolute Gasteiger partial charge is 0.459 e. The van der Waals surface area contributed by atoms with Gasteiger partial charge in [-0.05, 0) is 31.2 Å². The second-order valence-electron chi connectivity index (χ2n) is 5.81. The molecular weight excluding hydrogens is 364 g/mol. The number of carbonyl (C=O) groups excluding carboxylic acids is 3. The third-order valence-electron chi connectivity index (χ3n) is 3.36. The van der Waals surface area contributed by atoms with E-state index in [9.17, 15) is 14.4 Å². The molecule has 0 N–H and O–H groups in total. The second kappa shape index (κ2) is 10.6. The molecule has 0 aliphatic carbocycles. The van der Waals surface area contributed by atoms with Crippen LogP contribution >= 0.6 is 0 Å². The summed E-state index contributed by atoms with van der Waals surface area (Å²) in [5.74, 6) is -1.75. The van der Waals surface area contributed by atoms with Gasteiger partial charge < -0.3 is 9.47 Å². The third-order valence-corrected chi connectivity index (χ3v) is 3.36. The third kappa shape index (κ3) is 7.43. The highest BCUT2D eigenvalue weighted by Crippen LogP contribution is 2.09. The van der Waals surface area contributed by atoms with Crippen LogP contribution in [0.4, 0.5) is 0 Å². The van der Waals surface area contributed by atoms with Crippen molar-refractivity contribution in [1.82, 2.24) is 0 Å². The fourth-order valence-corrected chi connectivity index (χ4v) is 1.78. The van der Waals surface area contributed by atoms with Crippen LogP contribution in [0.1, 0.15) is 27.6 Å². The summed E-state index contributed by atoms with van der Waals surface area (Å²) >= 11 is 0. The number of benzene rings is 2. The lowest BCUT2D eigenvalue weighted by molar-refractivity contribution is -0.187. The van der Waals surface area contributed by atoms with Crippen LogP contribution in [0, 0.1) is 0 Å². The van der Waals surface area contributed by atoms with Crippen molar-refractivity contribution in [2.24, 2.45) is 0 Å². The van der Waals surface area contributed by atoms with Gasteiger partial charge in [-0.3, -0.25) is 0 Å². The van der Waals surface area contributed by atoms with Crippen molar-refractivity contribution in [2.45, 2.75) is 13.0 Å². The molecule has 0 bridgehead atoms. The molecule has 1 heterocycles. The average Bonchev–Trinajstić information content (AvgIpc) is 3.56. The zero-order valence-corrected chi connectivity index (χ0v) is 15.3. The molecule has 1 atom stereocenters. The molecule has 2 aromatic carbocycles. The molecule has 1 aliphatic heterocycles. The minimum Gasteiger partial charge on any atom is -0.459 e. The zero-order chi connectivity index (χ0) is 20.4. The van der Waals surface area contributed by atoms with E-state index in [4.69, 9.17) is 9.47 Å². The van der Waals surface area contributed by atoms with E-state index in [0.29, 0.717) is 29.9 Å². The number of hydrogen-bond acceptors (Lipinski definition) is 7. The van der Waals surface area contributed by atoms with E-state index in [0.717, 1.165) is 0 Å². The Morgan fingerprint density at radius 1 is 0.929 bits per heavy atom. The molecule has 146 valence electrons. The van der Waals surface area contributed by atoms with Crippen LogP contribution in [0.2, 0.25) is 0 Å². The van der Waals surface area contributed by atoms with Crippen molar-refractivity contribution in [3.8, 4) is 0 Å². The minimum atomic E-state index is -0.708. The molecule has 1 aliphatic rings. The van der Waals surface area contributed by atoms with Gasteiger partial charge in [-0.25, -0.2) is 24.2 Å². The molecule has 1 fully saturated rings. The van der Waals surface area contributed by atoms with Crippen molar-refractivity contribution in [2.75, 3.05) is 13.2 Å². The van der Waals surface area contributed by atoms with Gasteiger partial charge in [0, 0.05) is 5.57 Å². The van der Waals surface area contributed by atoms with E-state index in [1.807, 2.05) is 0 Å². The van der Waals surface area contributed by atoms with Crippen LogP contribution < -0.4 is 0 Å². The lowest BCUT2D eigenvalue weighted by atomic mass is 10.2. The maximum atomic E-state index is 11.5. The molecule has 1 unspecified atom stereocenters. The molecule has 28 heavy (non-hydrogen) atoms. The SMILES string of the molecule is C=C(C)C(=O)OCC1CO1.O=C(OOC(=O)c1ccccc1)c1ccccc1. The van der Waals surface area contributed by atoms with Crippen molar-refractivity contribution in [3.05, 3.63) is 83.9 Å². The molecule has 0 spiro atoms. The van der Waals surface area contributed by atoms with E-state index in [1.54, 1.807) is 67.6 Å². The summed E-state index contributed by atoms with van der Waals surface area (Å²) in [5, 5.41) is 0. The highest BCUT2D eigenvalue weighted by atomic mass is 17.2. The zero-order valence-electron chi connectivity index (χ0n) is 15.3. The predicted molar refractivity (Wildman–Crippen MR) is 99.2 cm³/mol. The summed E-state index contributed by atoms with van der Waals surface area (Å²) in [6.07, 6.45) is 0.142. The van der Waals surface area contributed by atoms with E-state index >= 15 is 0 Å². The topological polar surface area (TPSA) is 91.4 Å². The van der Waals surface area contributed by atoms with Crippen LogP contribution in [0.15, 0.2) is 72.8 Å². The smallest absolute Gasteiger partial charge is 0.386 e. The Bertz CT molecular complexity index is 760. The molecule has 3 rings (SSSR count). The fourth-order valence-electron chi connectivity index (χ4n) is 1.78. The molecular formula is C21H20O7. The lowest BCUT2D eigenvalue weighted by Crippen LogP contribution is -2.11. The summed E-state index contributed by atoms with van der Waals surface area (Å²) in [4.78, 5) is 42.6. The van der Waals surface area contributed by atoms with Gasteiger partial charge in [0.2, 0.25) is 0 Å². The van der Waals surface area contributed by atoms with Crippen LogP contribution in [0.3, 0.4) is 0 Å². The van der Waals surface area contributed by atoms with Gasteiger partial charge in [0.05, 0.1) is 17.7 Å². The maximum Gasteiger partial charge on any atom is 0.386 e. The summed E-state index contributed by atoms with van der Waals surface area (Å²) in [6.45, 7) is 6.14. The Kier molecular flexibility index (Phi) is 7.92. The average molecular weight is 384 g/mol. The standard InChI is InChI=1S/C14H10O4.C7H10O3/c15-13(11-7-3-1-4-8-11)17-18-14(16)12-9-5-2-6-10-12;1-5(2)7(8)10-4-6-3-9-6/h1-10H;6H,1,3-4H2,2H3. The lowest BCUT2D eigenvalue weighted by Gasteiger charge is -2.02. The predicted octanol–water partition coefficient (Wildman–Crippen LogP) is 3.12. The molecule has 0 aromatic heterocycles. The first-order valence-electron chi connectivity index (χ1n) is 8.45. The molecule has 7 nitrogen and oxygen atoms in total. The fraction of sp³-hybridized carbons (Fsp3) is 0.190. The Morgan fingerprint density at radius 2 is 1.36 bits per heavy atom. The summed E-state index contributed by atoms with van der Waals surface area (Å²) in [6, 6.07) is 16.6. The van der Waals surface area contributed by atoms with Crippen LogP contribution in [-0.4, -0.2) is 37.2 Å². The Morgan fingerprint density at radius 3 is 1.71 bits per heavy atom. The molecule has 7 heteroatoms. The molecule has 0 saturated carbocycles. The molecule has 0 amide bonds. The molecule has 1 saturated heterocycles.